The fraction of sp³-hybridized carbons (Fsp3) is 0.519. The van der Waals surface area contributed by atoms with Crippen LogP contribution in [0.5, 0.6) is 0 Å². The minimum absolute atomic E-state index is 0.113. The van der Waals surface area contributed by atoms with Crippen molar-refractivity contribution in [3.8, 4) is 0 Å². The third-order valence-electron chi connectivity index (χ3n) is 7.30. The van der Waals surface area contributed by atoms with Crippen molar-refractivity contribution in [2.24, 2.45) is 5.92 Å². The van der Waals surface area contributed by atoms with Gasteiger partial charge in [-0.05, 0) is 87.5 Å². The van der Waals surface area contributed by atoms with Gasteiger partial charge in [0.25, 0.3) is 0 Å². The zero-order valence-electron chi connectivity index (χ0n) is 21.1. The van der Waals surface area contributed by atoms with Gasteiger partial charge in [0, 0.05) is 18.3 Å². The van der Waals surface area contributed by atoms with Gasteiger partial charge in [-0.2, -0.15) is 0 Å². The summed E-state index contributed by atoms with van der Waals surface area (Å²) in [6, 6.07) is 10.5. The van der Waals surface area contributed by atoms with Crippen LogP contribution in [0.2, 0.25) is 0 Å². The Balaban J connectivity index is 1.44. The molecule has 35 heavy (non-hydrogen) atoms. The number of nitrogens with zero attached hydrogens (tertiary/aromatic N) is 3. The highest BCUT2D eigenvalue weighted by atomic mass is 16.2. The normalized spacial score (nSPS) is 21.5. The van der Waals surface area contributed by atoms with Crippen molar-refractivity contribution in [1.82, 2.24) is 14.8 Å². The van der Waals surface area contributed by atoms with Gasteiger partial charge in [0.2, 0.25) is 0 Å². The Morgan fingerprint density at radius 2 is 1.80 bits per heavy atom. The van der Waals surface area contributed by atoms with E-state index >= 15 is 0 Å². The fourth-order valence-corrected chi connectivity index (χ4v) is 5.10. The molecule has 1 aromatic heterocycles. The molecule has 0 unspecified atom stereocenters. The van der Waals surface area contributed by atoms with Crippen LogP contribution >= 0.6 is 0 Å². The lowest BCUT2D eigenvalue weighted by atomic mass is 9.89. The largest absolute Gasteiger partial charge is 0.383 e. The molecule has 0 saturated carbocycles. The number of pyridine rings is 1. The van der Waals surface area contributed by atoms with Crippen molar-refractivity contribution in [3.05, 3.63) is 47.7 Å². The third-order valence-corrected chi connectivity index (χ3v) is 7.30. The number of rotatable bonds is 5. The van der Waals surface area contributed by atoms with Crippen molar-refractivity contribution in [1.29, 1.82) is 0 Å². The van der Waals surface area contributed by atoms with Gasteiger partial charge in [-0.3, -0.25) is 9.59 Å². The molecule has 2 aromatic rings. The van der Waals surface area contributed by atoms with Crippen molar-refractivity contribution in [2.45, 2.75) is 58.0 Å². The quantitative estimate of drug-likeness (QED) is 0.567. The molecule has 188 valence electrons. The van der Waals surface area contributed by atoms with Crippen LogP contribution in [-0.4, -0.2) is 59.3 Å². The first-order chi connectivity index (χ1) is 16.8. The average molecular weight is 479 g/mol. The van der Waals surface area contributed by atoms with Gasteiger partial charge in [-0.25, -0.2) is 4.98 Å². The van der Waals surface area contributed by atoms with Crippen molar-refractivity contribution in [2.75, 3.05) is 43.0 Å². The summed E-state index contributed by atoms with van der Waals surface area (Å²) in [5.41, 5.74) is 9.36. The highest BCUT2D eigenvalue weighted by molar-refractivity contribution is 6.39. The minimum atomic E-state index is -0.640. The first-order valence-electron chi connectivity index (χ1n) is 12.8. The van der Waals surface area contributed by atoms with E-state index in [1.54, 1.807) is 11.0 Å². The van der Waals surface area contributed by atoms with Crippen LogP contribution in [0.3, 0.4) is 0 Å². The van der Waals surface area contributed by atoms with Crippen LogP contribution in [0.4, 0.5) is 17.2 Å². The molecule has 2 amide bonds. The van der Waals surface area contributed by atoms with Gasteiger partial charge in [0.05, 0.1) is 17.9 Å². The monoisotopic (exact) mass is 478 g/mol. The molecule has 1 aromatic carbocycles. The molecule has 0 aliphatic carbocycles. The van der Waals surface area contributed by atoms with Crippen molar-refractivity contribution < 1.29 is 9.59 Å². The van der Waals surface area contributed by atoms with E-state index in [1.165, 1.54) is 6.20 Å². The van der Waals surface area contributed by atoms with E-state index in [2.05, 4.69) is 58.8 Å². The third kappa shape index (κ3) is 6.11. The number of hydrogen-bond donors (Lipinski definition) is 3. The number of nitrogens with two attached hydrogens (primary N) is 1. The lowest BCUT2D eigenvalue weighted by Crippen LogP contribution is -2.46. The molecule has 0 spiro atoms. The van der Waals surface area contributed by atoms with Gasteiger partial charge >= 0.3 is 11.8 Å². The zero-order chi connectivity index (χ0) is 24.9. The number of aromatic nitrogens is 1. The second-order valence-electron chi connectivity index (χ2n) is 10.1. The summed E-state index contributed by atoms with van der Waals surface area (Å²) < 4.78 is 0. The highest BCUT2D eigenvalue weighted by Crippen LogP contribution is 2.34. The van der Waals surface area contributed by atoms with Gasteiger partial charge in [-0.15, -0.1) is 0 Å². The smallest absolute Gasteiger partial charge is 0.313 e. The zero-order valence-corrected chi connectivity index (χ0v) is 21.1. The number of nitrogens with one attached hydrogen (secondary N) is 2. The van der Waals surface area contributed by atoms with Crippen LogP contribution in [0.1, 0.15) is 56.7 Å². The number of anilines is 3. The highest BCUT2D eigenvalue weighted by Gasteiger charge is 2.34. The average Bonchev–Trinajstić information content (AvgIpc) is 2.86. The number of hydrogen-bond acceptors (Lipinski definition) is 6. The van der Waals surface area contributed by atoms with Gasteiger partial charge < -0.3 is 26.2 Å². The number of benzene rings is 1. The van der Waals surface area contributed by atoms with Crippen LogP contribution < -0.4 is 16.4 Å². The Kier molecular flexibility index (Phi) is 7.90. The van der Waals surface area contributed by atoms with E-state index in [4.69, 9.17) is 5.73 Å². The number of amides is 2. The molecule has 8 nitrogen and oxygen atoms in total. The predicted octanol–water partition coefficient (Wildman–Crippen LogP) is 3.67. The molecule has 3 heterocycles. The van der Waals surface area contributed by atoms with E-state index in [0.29, 0.717) is 36.4 Å². The molecule has 0 bridgehead atoms. The lowest BCUT2D eigenvalue weighted by Gasteiger charge is -2.38. The van der Waals surface area contributed by atoms with E-state index < -0.39 is 11.8 Å². The summed E-state index contributed by atoms with van der Waals surface area (Å²) >= 11 is 0. The summed E-state index contributed by atoms with van der Waals surface area (Å²) in [7, 11) is 2.17. The Morgan fingerprint density at radius 1 is 1.09 bits per heavy atom. The molecular formula is C27H38N6O2. The molecule has 4 N–H and O–H groups in total. The van der Waals surface area contributed by atoms with Crippen LogP contribution in [0.25, 0.3) is 0 Å². The van der Waals surface area contributed by atoms with E-state index in [9.17, 15) is 9.59 Å². The number of carbonyl (C=O) groups is 2. The minimum Gasteiger partial charge on any atom is -0.383 e. The van der Waals surface area contributed by atoms with Gasteiger partial charge in [0.15, 0.2) is 0 Å². The molecule has 2 aliphatic heterocycles. The molecule has 4 rings (SSSR count). The number of likely N-dealkylation sites (tertiary alicyclic amines) is 2. The van der Waals surface area contributed by atoms with Gasteiger partial charge in [-0.1, -0.05) is 26.0 Å². The lowest BCUT2D eigenvalue weighted by molar-refractivity contribution is -0.146. The second kappa shape index (κ2) is 11.1. The summed E-state index contributed by atoms with van der Waals surface area (Å²) in [6.07, 6.45) is 6.33. The number of piperidine rings is 2. The molecule has 8 heteroatoms. The summed E-state index contributed by atoms with van der Waals surface area (Å²) in [4.78, 5) is 34.4. The van der Waals surface area contributed by atoms with Crippen LogP contribution in [0.15, 0.2) is 36.5 Å². The fourth-order valence-electron chi connectivity index (χ4n) is 5.10. The standard InChI is InChI=1S/C27H38N6O2/c1-4-19-15-23(16-29-25(19)28)31-26(34)27(35)33-17-18(2)5-10-24(33)20-6-8-21(9-7-20)30-22-11-13-32(3)14-12-22/h6-9,15-16,18,22,24,30H,4-5,10-14,17H2,1-3H3,(H2,28,29)(H,31,34)/t18-,24+/m0/s1. The maximum atomic E-state index is 13.3. The summed E-state index contributed by atoms with van der Waals surface area (Å²) in [5, 5.41) is 6.37. The van der Waals surface area contributed by atoms with Crippen molar-refractivity contribution in [3.63, 3.8) is 0 Å². The summed E-state index contributed by atoms with van der Waals surface area (Å²) in [5.74, 6) is -0.364. The van der Waals surface area contributed by atoms with Crippen LogP contribution in [-0.2, 0) is 16.0 Å². The van der Waals surface area contributed by atoms with E-state index in [1.807, 2.05) is 6.92 Å². The predicted molar refractivity (Wildman–Crippen MR) is 140 cm³/mol. The molecule has 2 fully saturated rings. The second-order valence-corrected chi connectivity index (χ2v) is 10.1. The maximum absolute atomic E-state index is 13.3. The molecular weight excluding hydrogens is 440 g/mol. The Morgan fingerprint density at radius 3 is 2.49 bits per heavy atom. The summed E-state index contributed by atoms with van der Waals surface area (Å²) in [6.45, 7) is 6.88. The van der Waals surface area contributed by atoms with Gasteiger partial charge in [0.1, 0.15) is 5.82 Å². The number of nitrogen functional groups attached to an aromatic ring is 1. The first kappa shape index (κ1) is 25.0. The SMILES string of the molecule is CCc1cc(NC(=O)C(=O)N2C[C@@H](C)CC[C@@H]2c2ccc(NC3CCN(C)CC3)cc2)cnc1N. The molecule has 0 radical (unpaired) electrons. The maximum Gasteiger partial charge on any atom is 0.313 e. The molecule has 2 saturated heterocycles. The number of carbonyl (C=O) groups excluding carboxylic acids is 2. The van der Waals surface area contributed by atoms with Crippen LogP contribution in [0, 0.1) is 5.92 Å². The Hall–Kier alpha value is -3.13. The van der Waals surface area contributed by atoms with E-state index in [0.717, 1.165) is 55.6 Å². The number of aryl methyl sites for hydroxylation is 1. The molecule has 2 aliphatic rings. The van der Waals surface area contributed by atoms with Crippen molar-refractivity contribution >= 4 is 29.0 Å². The first-order valence-corrected chi connectivity index (χ1v) is 12.8. The topological polar surface area (TPSA) is 104 Å². The van der Waals surface area contributed by atoms with E-state index in [-0.39, 0.29) is 6.04 Å². The molecule has 2 atom stereocenters. The Labute approximate surface area is 208 Å². The Bertz CT molecular complexity index is 1030.